The van der Waals surface area contributed by atoms with Gasteiger partial charge in [-0.15, -0.1) is 0 Å². The molecule has 110 valence electrons. The molecule has 0 aliphatic carbocycles. The first-order valence-corrected chi connectivity index (χ1v) is 6.63. The molecule has 4 N–H and O–H groups in total. The van der Waals surface area contributed by atoms with E-state index in [1.807, 2.05) is 0 Å². The van der Waals surface area contributed by atoms with E-state index in [0.717, 1.165) is 6.42 Å². The van der Waals surface area contributed by atoms with Gasteiger partial charge in [-0.25, -0.2) is 0 Å². The molecular weight excluding hydrogens is 260 g/mol. The van der Waals surface area contributed by atoms with E-state index >= 15 is 0 Å². The second kappa shape index (κ2) is 6.11. The molecular formula is C14H20N2O4. The number of rotatable bonds is 3. The van der Waals surface area contributed by atoms with Crippen molar-refractivity contribution in [2.24, 2.45) is 5.73 Å². The summed E-state index contributed by atoms with van der Waals surface area (Å²) in [6.07, 6.45) is 1.52. The Labute approximate surface area is 117 Å². The van der Waals surface area contributed by atoms with Crippen molar-refractivity contribution >= 4 is 5.91 Å². The molecule has 2 atom stereocenters. The van der Waals surface area contributed by atoms with Gasteiger partial charge in [0.25, 0.3) is 5.91 Å². The maximum atomic E-state index is 12.5. The zero-order valence-corrected chi connectivity index (χ0v) is 11.5. The minimum absolute atomic E-state index is 0.0966. The molecule has 0 radical (unpaired) electrons. The fourth-order valence-electron chi connectivity index (χ4n) is 2.58. The normalized spacial score (nSPS) is 22.8. The number of likely N-dealkylation sites (tertiary alicyclic amines) is 1. The highest BCUT2D eigenvalue weighted by Crippen LogP contribution is 2.31. The summed E-state index contributed by atoms with van der Waals surface area (Å²) in [5.74, 6) is -1.00. The third kappa shape index (κ3) is 2.71. The number of hydrogen-bond donors (Lipinski definition) is 3. The number of phenols is 2. The summed E-state index contributed by atoms with van der Waals surface area (Å²) in [5, 5.41) is 19.3. The first-order valence-electron chi connectivity index (χ1n) is 6.63. The number of ether oxygens (including phenoxy) is 1. The minimum Gasteiger partial charge on any atom is -0.504 e. The lowest BCUT2D eigenvalue weighted by Crippen LogP contribution is -2.51. The Morgan fingerprint density at radius 3 is 2.90 bits per heavy atom. The van der Waals surface area contributed by atoms with Crippen LogP contribution in [0.4, 0.5) is 0 Å². The highest BCUT2D eigenvalue weighted by Gasteiger charge is 2.32. The second-order valence-corrected chi connectivity index (χ2v) is 4.94. The lowest BCUT2D eigenvalue weighted by molar-refractivity contribution is 0.0137. The van der Waals surface area contributed by atoms with Crippen molar-refractivity contribution in [3.63, 3.8) is 0 Å². The van der Waals surface area contributed by atoms with E-state index in [9.17, 15) is 15.0 Å². The fourth-order valence-corrected chi connectivity index (χ4v) is 2.58. The van der Waals surface area contributed by atoms with Crippen molar-refractivity contribution in [1.82, 2.24) is 4.90 Å². The van der Waals surface area contributed by atoms with Crippen LogP contribution in [0.15, 0.2) is 18.2 Å². The van der Waals surface area contributed by atoms with Crippen molar-refractivity contribution in [3.8, 4) is 11.5 Å². The number of aromatic hydroxyl groups is 2. The Kier molecular flexibility index (Phi) is 4.46. The van der Waals surface area contributed by atoms with E-state index in [4.69, 9.17) is 10.5 Å². The van der Waals surface area contributed by atoms with Gasteiger partial charge in [0.05, 0.1) is 11.7 Å². The first-order chi connectivity index (χ1) is 9.58. The molecule has 1 saturated heterocycles. The van der Waals surface area contributed by atoms with Crippen LogP contribution in [0.1, 0.15) is 23.2 Å². The summed E-state index contributed by atoms with van der Waals surface area (Å²) in [4.78, 5) is 14.1. The van der Waals surface area contributed by atoms with Gasteiger partial charge in [0, 0.05) is 26.2 Å². The molecule has 1 amide bonds. The zero-order chi connectivity index (χ0) is 14.7. The van der Waals surface area contributed by atoms with Gasteiger partial charge in [-0.05, 0) is 25.0 Å². The first kappa shape index (κ1) is 14.6. The molecule has 0 spiro atoms. The van der Waals surface area contributed by atoms with E-state index in [-0.39, 0.29) is 35.1 Å². The third-order valence-electron chi connectivity index (χ3n) is 3.78. The number of piperidine rings is 1. The van der Waals surface area contributed by atoms with Gasteiger partial charge in [0.2, 0.25) is 0 Å². The number of hydrogen-bond acceptors (Lipinski definition) is 5. The highest BCUT2D eigenvalue weighted by molar-refractivity contribution is 5.97. The molecule has 1 aromatic carbocycles. The lowest BCUT2D eigenvalue weighted by Gasteiger charge is -2.38. The number of para-hydroxylation sites is 1. The van der Waals surface area contributed by atoms with Crippen LogP contribution in [-0.2, 0) is 4.74 Å². The molecule has 6 heteroatoms. The predicted molar refractivity (Wildman–Crippen MR) is 73.7 cm³/mol. The van der Waals surface area contributed by atoms with Crippen LogP contribution in [0.5, 0.6) is 11.5 Å². The molecule has 2 rings (SSSR count). The number of phenolic OH excluding ortho intramolecular Hbond substituents is 2. The Hall–Kier alpha value is -1.79. The summed E-state index contributed by atoms with van der Waals surface area (Å²) < 4.78 is 5.32. The minimum atomic E-state index is -0.387. The van der Waals surface area contributed by atoms with Crippen molar-refractivity contribution in [2.75, 3.05) is 20.2 Å². The number of methoxy groups -OCH3 is 1. The van der Waals surface area contributed by atoms with Crippen LogP contribution in [0, 0.1) is 0 Å². The van der Waals surface area contributed by atoms with Crippen LogP contribution >= 0.6 is 0 Å². The molecule has 1 heterocycles. The average molecular weight is 280 g/mol. The molecule has 2 unspecified atom stereocenters. The van der Waals surface area contributed by atoms with E-state index in [1.54, 1.807) is 12.0 Å². The average Bonchev–Trinajstić information content (AvgIpc) is 2.48. The number of nitrogens with two attached hydrogens (primary N) is 1. The van der Waals surface area contributed by atoms with Crippen LogP contribution in [0.3, 0.4) is 0 Å². The van der Waals surface area contributed by atoms with Gasteiger partial charge in [0.15, 0.2) is 11.5 Å². The number of amides is 1. The molecule has 1 aliphatic rings. The van der Waals surface area contributed by atoms with Gasteiger partial charge in [-0.3, -0.25) is 4.79 Å². The zero-order valence-electron chi connectivity index (χ0n) is 11.5. The molecule has 1 fully saturated rings. The predicted octanol–water partition coefficient (Wildman–Crippen LogP) is 0.676. The Morgan fingerprint density at radius 1 is 1.50 bits per heavy atom. The number of carbonyl (C=O) groups excluding carboxylic acids is 1. The number of nitrogens with zero attached hydrogens (tertiary/aromatic N) is 1. The number of benzene rings is 1. The van der Waals surface area contributed by atoms with Gasteiger partial charge in [0.1, 0.15) is 0 Å². The smallest absolute Gasteiger partial charge is 0.258 e. The quantitative estimate of drug-likeness (QED) is 0.707. The second-order valence-electron chi connectivity index (χ2n) is 4.94. The molecule has 0 bridgehead atoms. The van der Waals surface area contributed by atoms with E-state index in [2.05, 4.69) is 0 Å². The standard InChI is InChI=1S/C14H20N2O4/c1-20-10-5-6-16(9(7-10)8-15)14(19)11-3-2-4-12(17)13(11)18/h2-4,9-10,17-18H,5-8,15H2,1H3. The van der Waals surface area contributed by atoms with Gasteiger partial charge in [-0.2, -0.15) is 0 Å². The summed E-state index contributed by atoms with van der Waals surface area (Å²) >= 11 is 0. The molecule has 6 nitrogen and oxygen atoms in total. The van der Waals surface area contributed by atoms with Crippen molar-refractivity contribution in [2.45, 2.75) is 25.0 Å². The highest BCUT2D eigenvalue weighted by atomic mass is 16.5. The van der Waals surface area contributed by atoms with Crippen LogP contribution in [0.2, 0.25) is 0 Å². The summed E-state index contributed by atoms with van der Waals surface area (Å²) in [6, 6.07) is 4.24. The largest absolute Gasteiger partial charge is 0.504 e. The fraction of sp³-hybridized carbons (Fsp3) is 0.500. The summed E-state index contributed by atoms with van der Waals surface area (Å²) in [6.45, 7) is 0.861. The maximum Gasteiger partial charge on any atom is 0.258 e. The molecule has 1 aliphatic heterocycles. The maximum absolute atomic E-state index is 12.5. The van der Waals surface area contributed by atoms with Crippen molar-refractivity contribution < 1.29 is 19.7 Å². The van der Waals surface area contributed by atoms with E-state index in [0.29, 0.717) is 19.5 Å². The Balaban J connectivity index is 2.22. The van der Waals surface area contributed by atoms with Crippen LogP contribution in [0.25, 0.3) is 0 Å². The van der Waals surface area contributed by atoms with E-state index < -0.39 is 0 Å². The summed E-state index contributed by atoms with van der Waals surface area (Å²) in [7, 11) is 1.65. The van der Waals surface area contributed by atoms with Crippen LogP contribution < -0.4 is 5.73 Å². The monoisotopic (exact) mass is 280 g/mol. The van der Waals surface area contributed by atoms with Gasteiger partial charge < -0.3 is 25.6 Å². The molecule has 1 aromatic rings. The Bertz CT molecular complexity index is 492. The summed E-state index contributed by atoms with van der Waals surface area (Å²) in [5.41, 5.74) is 5.83. The number of carbonyl (C=O) groups is 1. The van der Waals surface area contributed by atoms with Gasteiger partial charge >= 0.3 is 0 Å². The molecule has 0 aromatic heterocycles. The molecule has 0 saturated carbocycles. The van der Waals surface area contributed by atoms with Crippen LogP contribution in [-0.4, -0.2) is 53.4 Å². The molecule has 20 heavy (non-hydrogen) atoms. The van der Waals surface area contributed by atoms with E-state index in [1.165, 1.54) is 18.2 Å². The Morgan fingerprint density at radius 2 is 2.25 bits per heavy atom. The van der Waals surface area contributed by atoms with Crippen molar-refractivity contribution in [3.05, 3.63) is 23.8 Å². The topological polar surface area (TPSA) is 96.0 Å². The van der Waals surface area contributed by atoms with Gasteiger partial charge in [-0.1, -0.05) is 6.07 Å². The SMILES string of the molecule is COC1CCN(C(=O)c2cccc(O)c2O)C(CN)C1. The third-order valence-corrected chi connectivity index (χ3v) is 3.78. The lowest BCUT2D eigenvalue weighted by atomic mass is 9.98. The van der Waals surface area contributed by atoms with Crippen molar-refractivity contribution in [1.29, 1.82) is 0 Å².